The van der Waals surface area contributed by atoms with Crippen molar-refractivity contribution >= 4 is 40.3 Å². The number of amides is 1. The summed E-state index contributed by atoms with van der Waals surface area (Å²) < 4.78 is 11.7. The normalized spacial score (nSPS) is 15.3. The highest BCUT2D eigenvalue weighted by Gasteiger charge is 2.29. The minimum Gasteiger partial charge on any atom is -0.493 e. The molecule has 6 nitrogen and oxygen atoms in total. The summed E-state index contributed by atoms with van der Waals surface area (Å²) in [6.07, 6.45) is 4.05. The number of thiocarbonyl (C=S) groups is 1. The standard InChI is InChI=1S/C21H17N3O3S2/c22-24-20(25)18(29-21(24)28)12-14-6-8-17(9-7-14)26-11-10-16-13-27-19(23-16)15-4-2-1-3-5-15/h1-9,12-13H,10-11,22H2. The molecule has 1 aliphatic heterocycles. The van der Waals surface area contributed by atoms with Crippen LogP contribution in [0.25, 0.3) is 17.5 Å². The number of carbonyl (C=O) groups is 1. The lowest BCUT2D eigenvalue weighted by molar-refractivity contribution is -0.122. The van der Waals surface area contributed by atoms with E-state index in [1.165, 1.54) is 11.8 Å². The first-order chi connectivity index (χ1) is 14.1. The Kier molecular flexibility index (Phi) is 5.75. The number of hydrazine groups is 1. The molecular weight excluding hydrogens is 406 g/mol. The molecule has 0 radical (unpaired) electrons. The minimum absolute atomic E-state index is 0.289. The molecule has 0 unspecified atom stereocenters. The van der Waals surface area contributed by atoms with E-state index in [0.717, 1.165) is 27.6 Å². The van der Waals surface area contributed by atoms with Gasteiger partial charge < -0.3 is 9.15 Å². The monoisotopic (exact) mass is 423 g/mol. The number of aromatic nitrogens is 1. The number of rotatable bonds is 6. The molecule has 1 saturated heterocycles. The second kappa shape index (κ2) is 8.60. The van der Waals surface area contributed by atoms with Crippen LogP contribution < -0.4 is 10.6 Å². The number of nitrogens with zero attached hydrogens (tertiary/aromatic N) is 2. The Bertz CT molecular complexity index is 1060. The van der Waals surface area contributed by atoms with Gasteiger partial charge in [-0.25, -0.2) is 15.8 Å². The fourth-order valence-electron chi connectivity index (χ4n) is 2.70. The maximum absolute atomic E-state index is 11.9. The lowest BCUT2D eigenvalue weighted by Gasteiger charge is -2.05. The molecule has 1 aliphatic rings. The molecule has 0 bridgehead atoms. The Morgan fingerprint density at radius 2 is 1.93 bits per heavy atom. The van der Waals surface area contributed by atoms with Crippen LogP contribution in [-0.4, -0.2) is 26.8 Å². The first-order valence-corrected chi connectivity index (χ1v) is 10.1. The Balaban J connectivity index is 1.32. The third kappa shape index (κ3) is 4.56. The molecule has 2 aromatic carbocycles. The Labute approximate surface area is 177 Å². The molecule has 29 heavy (non-hydrogen) atoms. The Morgan fingerprint density at radius 3 is 2.62 bits per heavy atom. The van der Waals surface area contributed by atoms with Crippen molar-refractivity contribution in [3.63, 3.8) is 0 Å². The van der Waals surface area contributed by atoms with Gasteiger partial charge in [0.15, 0.2) is 4.32 Å². The van der Waals surface area contributed by atoms with E-state index in [-0.39, 0.29) is 5.91 Å². The van der Waals surface area contributed by atoms with Crippen molar-refractivity contribution in [1.29, 1.82) is 0 Å². The van der Waals surface area contributed by atoms with Crippen LogP contribution in [0.5, 0.6) is 5.75 Å². The van der Waals surface area contributed by atoms with Gasteiger partial charge in [-0.15, -0.1) is 0 Å². The molecular formula is C21H17N3O3S2. The van der Waals surface area contributed by atoms with E-state index in [1.807, 2.05) is 54.6 Å². The molecule has 0 aliphatic carbocycles. The fraction of sp³-hybridized carbons (Fsp3) is 0.0952. The number of ether oxygens (including phenoxy) is 1. The summed E-state index contributed by atoms with van der Waals surface area (Å²) in [5, 5.41) is 0.983. The topological polar surface area (TPSA) is 81.6 Å². The van der Waals surface area contributed by atoms with Crippen molar-refractivity contribution in [2.45, 2.75) is 6.42 Å². The van der Waals surface area contributed by atoms with Crippen LogP contribution in [-0.2, 0) is 11.2 Å². The molecule has 1 fully saturated rings. The molecule has 2 heterocycles. The highest BCUT2D eigenvalue weighted by molar-refractivity contribution is 8.26. The van der Waals surface area contributed by atoms with Gasteiger partial charge in [0, 0.05) is 12.0 Å². The van der Waals surface area contributed by atoms with E-state index < -0.39 is 0 Å². The molecule has 1 aromatic heterocycles. The second-order valence-electron chi connectivity index (χ2n) is 6.23. The zero-order valence-corrected chi connectivity index (χ0v) is 16.9. The van der Waals surface area contributed by atoms with E-state index in [2.05, 4.69) is 4.98 Å². The predicted molar refractivity (Wildman–Crippen MR) is 117 cm³/mol. The lowest BCUT2D eigenvalue weighted by atomic mass is 10.2. The van der Waals surface area contributed by atoms with Gasteiger partial charge in [-0.3, -0.25) is 4.79 Å². The van der Waals surface area contributed by atoms with E-state index in [9.17, 15) is 4.79 Å². The summed E-state index contributed by atoms with van der Waals surface area (Å²) in [7, 11) is 0. The first-order valence-electron chi connectivity index (χ1n) is 8.85. The number of carbonyl (C=O) groups excluding carboxylic acids is 1. The van der Waals surface area contributed by atoms with Crippen molar-refractivity contribution in [2.24, 2.45) is 5.84 Å². The summed E-state index contributed by atoms with van der Waals surface area (Å²) in [6, 6.07) is 17.2. The summed E-state index contributed by atoms with van der Waals surface area (Å²) >= 11 is 6.21. The largest absolute Gasteiger partial charge is 0.493 e. The fourth-order valence-corrected chi connectivity index (χ4v) is 3.80. The Hall–Kier alpha value is -2.94. The van der Waals surface area contributed by atoms with Gasteiger partial charge in [0.25, 0.3) is 5.91 Å². The average molecular weight is 424 g/mol. The van der Waals surface area contributed by atoms with Gasteiger partial charge in [0.1, 0.15) is 12.0 Å². The van der Waals surface area contributed by atoms with Gasteiger partial charge in [0.05, 0.1) is 17.2 Å². The summed E-state index contributed by atoms with van der Waals surface area (Å²) in [6.45, 7) is 0.478. The highest BCUT2D eigenvalue weighted by Crippen LogP contribution is 2.30. The van der Waals surface area contributed by atoms with Crippen LogP contribution in [0.1, 0.15) is 11.3 Å². The van der Waals surface area contributed by atoms with Crippen molar-refractivity contribution in [3.8, 4) is 17.2 Å². The summed E-state index contributed by atoms with van der Waals surface area (Å²) in [5.41, 5.74) is 2.65. The SMILES string of the molecule is NN1C(=O)C(=Cc2ccc(OCCc3coc(-c4ccccc4)n3)cc2)SC1=S. The van der Waals surface area contributed by atoms with E-state index in [0.29, 0.717) is 28.1 Å². The Morgan fingerprint density at radius 1 is 1.17 bits per heavy atom. The third-order valence-electron chi connectivity index (χ3n) is 4.20. The van der Waals surface area contributed by atoms with E-state index >= 15 is 0 Å². The van der Waals surface area contributed by atoms with Crippen LogP contribution >= 0.6 is 24.0 Å². The second-order valence-corrected chi connectivity index (χ2v) is 7.90. The molecule has 4 rings (SSSR count). The van der Waals surface area contributed by atoms with Gasteiger partial charge in [-0.1, -0.05) is 54.3 Å². The minimum atomic E-state index is -0.289. The van der Waals surface area contributed by atoms with Crippen LogP contribution in [0.15, 0.2) is 70.2 Å². The maximum atomic E-state index is 11.9. The molecule has 2 N–H and O–H groups in total. The summed E-state index contributed by atoms with van der Waals surface area (Å²) in [4.78, 5) is 16.9. The number of hydrogen-bond donors (Lipinski definition) is 1. The van der Waals surface area contributed by atoms with Crippen LogP contribution in [0.4, 0.5) is 0 Å². The van der Waals surface area contributed by atoms with Crippen LogP contribution in [0.3, 0.4) is 0 Å². The van der Waals surface area contributed by atoms with Gasteiger partial charge in [-0.2, -0.15) is 0 Å². The quantitative estimate of drug-likeness (QED) is 0.277. The maximum Gasteiger partial charge on any atom is 0.280 e. The van der Waals surface area contributed by atoms with Crippen LogP contribution in [0, 0.1) is 0 Å². The highest BCUT2D eigenvalue weighted by atomic mass is 32.2. The molecule has 1 amide bonds. The van der Waals surface area contributed by atoms with Crippen molar-refractivity contribution < 1.29 is 13.9 Å². The molecule has 8 heteroatoms. The third-order valence-corrected chi connectivity index (χ3v) is 5.53. The molecule has 0 saturated carbocycles. The summed E-state index contributed by atoms with van der Waals surface area (Å²) in [5.74, 6) is 6.63. The van der Waals surface area contributed by atoms with Gasteiger partial charge >= 0.3 is 0 Å². The van der Waals surface area contributed by atoms with Crippen molar-refractivity contribution in [2.75, 3.05) is 6.61 Å². The van der Waals surface area contributed by atoms with Crippen LogP contribution in [0.2, 0.25) is 0 Å². The molecule has 0 spiro atoms. The van der Waals surface area contributed by atoms with Crippen molar-refractivity contribution in [1.82, 2.24) is 9.99 Å². The predicted octanol–water partition coefficient (Wildman–Crippen LogP) is 4.04. The molecule has 146 valence electrons. The smallest absolute Gasteiger partial charge is 0.280 e. The van der Waals surface area contributed by atoms with Gasteiger partial charge in [0.2, 0.25) is 5.89 Å². The number of oxazole rings is 1. The lowest BCUT2D eigenvalue weighted by Crippen LogP contribution is -2.34. The zero-order chi connectivity index (χ0) is 20.2. The van der Waals surface area contributed by atoms with E-state index in [4.69, 9.17) is 27.2 Å². The van der Waals surface area contributed by atoms with E-state index in [1.54, 1.807) is 12.3 Å². The molecule has 0 atom stereocenters. The van der Waals surface area contributed by atoms with Crippen molar-refractivity contribution in [3.05, 3.63) is 77.0 Å². The number of thioether (sulfide) groups is 1. The molecule has 3 aromatic rings. The number of hydrogen-bond acceptors (Lipinski definition) is 7. The average Bonchev–Trinajstić information content (AvgIpc) is 3.31. The number of benzene rings is 2. The van der Waals surface area contributed by atoms with Gasteiger partial charge in [-0.05, 0) is 35.9 Å². The number of nitrogens with two attached hydrogens (primary N) is 1. The zero-order valence-electron chi connectivity index (χ0n) is 15.3. The first kappa shape index (κ1) is 19.4.